The van der Waals surface area contributed by atoms with Crippen LogP contribution in [0.1, 0.15) is 11.1 Å². The summed E-state index contributed by atoms with van der Waals surface area (Å²) in [6.45, 7) is 0. The molecule has 1 aromatic rings. The minimum Gasteiger partial charge on any atom is -0.375 e. The van der Waals surface area contributed by atoms with E-state index in [0.717, 1.165) is 5.56 Å². The van der Waals surface area contributed by atoms with E-state index in [1.165, 1.54) is 6.21 Å². The molecule has 0 heterocycles. The van der Waals surface area contributed by atoms with Crippen LogP contribution in [-0.4, -0.2) is 11.3 Å². The molecule has 80 valence electrons. The van der Waals surface area contributed by atoms with E-state index in [1.807, 2.05) is 18.2 Å². The monoisotopic (exact) mass is 230 g/mol. The zero-order chi connectivity index (χ0) is 11.8. The minimum absolute atomic E-state index is 0.121. The molecule has 3 N–H and O–H groups in total. The number of nitriles is 1. The fraction of sp³-hybridized carbons (Fsp3) is 0. The lowest BCUT2D eigenvalue weighted by atomic mass is 10.1. The van der Waals surface area contributed by atoms with Crippen LogP contribution in [-0.2, 0) is 0 Å². The Labute approximate surface area is 99.1 Å². The van der Waals surface area contributed by atoms with E-state index >= 15 is 0 Å². The standard InChI is InChI=1S/C11H10N4S/c12-8-10-4-1-3-9(7-10)5-2-6-14-15-11(13)16/h1-7H,(H3,13,15,16)/b5-2+,14-6?. The molecule has 0 aliphatic heterocycles. The largest absolute Gasteiger partial charge is 0.375 e. The van der Waals surface area contributed by atoms with Crippen molar-refractivity contribution in [2.75, 3.05) is 0 Å². The summed E-state index contributed by atoms with van der Waals surface area (Å²) >= 11 is 4.56. The number of hydrazone groups is 1. The first kappa shape index (κ1) is 11.9. The number of hydrogen-bond acceptors (Lipinski definition) is 3. The predicted molar refractivity (Wildman–Crippen MR) is 68.6 cm³/mol. The second-order valence-electron chi connectivity index (χ2n) is 2.85. The van der Waals surface area contributed by atoms with Crippen molar-refractivity contribution in [2.45, 2.75) is 0 Å². The lowest BCUT2D eigenvalue weighted by molar-refractivity contribution is 1.04. The highest BCUT2D eigenvalue weighted by Gasteiger charge is 1.89. The number of thiocarbonyl (C=S) groups is 1. The van der Waals surface area contributed by atoms with Gasteiger partial charge in [-0.2, -0.15) is 10.4 Å². The lowest BCUT2D eigenvalue weighted by Crippen LogP contribution is -2.23. The Kier molecular flexibility index (Phi) is 4.70. The Bertz CT molecular complexity index is 471. The lowest BCUT2D eigenvalue weighted by Gasteiger charge is -1.93. The Balaban J connectivity index is 2.59. The molecule has 0 spiro atoms. The molecular formula is C11H10N4S. The number of rotatable bonds is 3. The summed E-state index contributed by atoms with van der Waals surface area (Å²) in [5.41, 5.74) is 9.16. The molecule has 16 heavy (non-hydrogen) atoms. The van der Waals surface area contributed by atoms with Crippen LogP contribution in [0.3, 0.4) is 0 Å². The Hall–Kier alpha value is -2.19. The first-order valence-electron chi connectivity index (χ1n) is 4.47. The second-order valence-corrected chi connectivity index (χ2v) is 3.29. The highest BCUT2D eigenvalue weighted by Crippen LogP contribution is 2.05. The van der Waals surface area contributed by atoms with E-state index in [2.05, 4.69) is 28.8 Å². The molecular weight excluding hydrogens is 220 g/mol. The van der Waals surface area contributed by atoms with Gasteiger partial charge in [0.15, 0.2) is 5.11 Å². The van der Waals surface area contributed by atoms with Gasteiger partial charge in [-0.25, -0.2) is 0 Å². The third-order valence-corrected chi connectivity index (χ3v) is 1.73. The summed E-state index contributed by atoms with van der Waals surface area (Å²) in [7, 11) is 0. The molecule has 0 aliphatic rings. The highest BCUT2D eigenvalue weighted by molar-refractivity contribution is 7.80. The van der Waals surface area contributed by atoms with Crippen LogP contribution in [0.5, 0.6) is 0 Å². The van der Waals surface area contributed by atoms with Crippen molar-refractivity contribution < 1.29 is 0 Å². The van der Waals surface area contributed by atoms with Gasteiger partial charge in [0.25, 0.3) is 0 Å². The number of benzene rings is 1. The average molecular weight is 230 g/mol. The van der Waals surface area contributed by atoms with Gasteiger partial charge in [0.1, 0.15) is 0 Å². The van der Waals surface area contributed by atoms with Gasteiger partial charge in [0.2, 0.25) is 0 Å². The molecule has 0 bridgehead atoms. The summed E-state index contributed by atoms with van der Waals surface area (Å²) in [6.07, 6.45) is 5.07. The number of allylic oxidation sites excluding steroid dienone is 1. The number of nitrogens with one attached hydrogen (secondary N) is 1. The molecule has 0 unspecified atom stereocenters. The van der Waals surface area contributed by atoms with Crippen LogP contribution in [0.2, 0.25) is 0 Å². The van der Waals surface area contributed by atoms with Crippen molar-refractivity contribution in [1.29, 1.82) is 5.26 Å². The zero-order valence-corrected chi connectivity index (χ0v) is 9.24. The van der Waals surface area contributed by atoms with Gasteiger partial charge < -0.3 is 5.73 Å². The molecule has 0 saturated heterocycles. The van der Waals surface area contributed by atoms with E-state index in [-0.39, 0.29) is 5.11 Å². The van der Waals surface area contributed by atoms with Gasteiger partial charge in [0.05, 0.1) is 11.6 Å². The molecule has 0 radical (unpaired) electrons. The quantitative estimate of drug-likeness (QED) is 0.467. The maximum absolute atomic E-state index is 8.69. The predicted octanol–water partition coefficient (Wildman–Crippen LogP) is 1.39. The van der Waals surface area contributed by atoms with Gasteiger partial charge in [-0.05, 0) is 36.0 Å². The van der Waals surface area contributed by atoms with Crippen LogP contribution in [0.15, 0.2) is 35.4 Å². The molecule has 0 atom stereocenters. The van der Waals surface area contributed by atoms with Crippen molar-refractivity contribution >= 4 is 29.6 Å². The summed E-state index contributed by atoms with van der Waals surface area (Å²) in [4.78, 5) is 0. The maximum atomic E-state index is 8.69. The fourth-order valence-corrected chi connectivity index (χ4v) is 1.06. The molecule has 0 saturated carbocycles. The van der Waals surface area contributed by atoms with Crippen LogP contribution in [0, 0.1) is 11.3 Å². The fourth-order valence-electron chi connectivity index (χ4n) is 1.01. The summed E-state index contributed by atoms with van der Waals surface area (Å²) in [6, 6.07) is 9.32. The van der Waals surface area contributed by atoms with Crippen molar-refractivity contribution in [3.8, 4) is 6.07 Å². The zero-order valence-electron chi connectivity index (χ0n) is 8.42. The first-order valence-corrected chi connectivity index (χ1v) is 4.88. The third-order valence-electron chi connectivity index (χ3n) is 1.64. The normalized spacial score (nSPS) is 10.4. The minimum atomic E-state index is 0.121. The molecule has 5 heteroatoms. The van der Waals surface area contributed by atoms with Crippen molar-refractivity contribution in [1.82, 2.24) is 5.43 Å². The van der Waals surface area contributed by atoms with Crippen LogP contribution in [0.4, 0.5) is 0 Å². The molecule has 4 nitrogen and oxygen atoms in total. The van der Waals surface area contributed by atoms with Crippen LogP contribution < -0.4 is 11.2 Å². The van der Waals surface area contributed by atoms with Gasteiger partial charge in [-0.15, -0.1) is 0 Å². The Morgan fingerprint density at radius 2 is 2.38 bits per heavy atom. The first-order chi connectivity index (χ1) is 7.72. The van der Waals surface area contributed by atoms with Crippen LogP contribution in [0.25, 0.3) is 6.08 Å². The Morgan fingerprint density at radius 1 is 1.56 bits per heavy atom. The van der Waals surface area contributed by atoms with Crippen LogP contribution >= 0.6 is 12.2 Å². The van der Waals surface area contributed by atoms with Gasteiger partial charge >= 0.3 is 0 Å². The van der Waals surface area contributed by atoms with E-state index in [9.17, 15) is 0 Å². The van der Waals surface area contributed by atoms with Gasteiger partial charge in [-0.1, -0.05) is 18.2 Å². The smallest absolute Gasteiger partial charge is 0.184 e. The number of nitrogens with zero attached hydrogens (tertiary/aromatic N) is 2. The van der Waals surface area contributed by atoms with Crippen molar-refractivity contribution in [3.63, 3.8) is 0 Å². The second kappa shape index (κ2) is 6.32. The molecule has 0 amide bonds. The molecule has 1 rings (SSSR count). The highest BCUT2D eigenvalue weighted by atomic mass is 32.1. The third kappa shape index (κ3) is 4.35. The number of nitrogens with two attached hydrogens (primary N) is 1. The molecule has 1 aromatic carbocycles. The SMILES string of the molecule is N#Cc1cccc(/C=C/C=NNC(N)=S)c1. The molecule has 0 fully saturated rings. The van der Waals surface area contributed by atoms with E-state index in [4.69, 9.17) is 11.0 Å². The summed E-state index contributed by atoms with van der Waals surface area (Å²) < 4.78 is 0. The summed E-state index contributed by atoms with van der Waals surface area (Å²) in [5.74, 6) is 0. The average Bonchev–Trinajstić information content (AvgIpc) is 2.28. The van der Waals surface area contributed by atoms with Crippen molar-refractivity contribution in [3.05, 3.63) is 41.5 Å². The van der Waals surface area contributed by atoms with E-state index in [0.29, 0.717) is 5.56 Å². The summed E-state index contributed by atoms with van der Waals surface area (Å²) in [5, 5.41) is 12.6. The van der Waals surface area contributed by atoms with E-state index in [1.54, 1.807) is 18.2 Å². The van der Waals surface area contributed by atoms with Gasteiger partial charge in [0, 0.05) is 6.21 Å². The van der Waals surface area contributed by atoms with Crippen molar-refractivity contribution in [2.24, 2.45) is 10.8 Å². The molecule has 0 aliphatic carbocycles. The Morgan fingerprint density at radius 3 is 3.06 bits per heavy atom. The van der Waals surface area contributed by atoms with E-state index < -0.39 is 0 Å². The topological polar surface area (TPSA) is 74.2 Å². The number of hydrogen-bond donors (Lipinski definition) is 2. The molecule has 0 aromatic heterocycles. The maximum Gasteiger partial charge on any atom is 0.184 e. The van der Waals surface area contributed by atoms with Gasteiger partial charge in [-0.3, -0.25) is 5.43 Å².